The van der Waals surface area contributed by atoms with Gasteiger partial charge in [-0.3, -0.25) is 4.79 Å². The molecule has 1 unspecified atom stereocenters. The number of H-pyrrole nitrogens is 1. The molecule has 2 aromatic carbocycles. The molecule has 1 aliphatic heterocycles. The second kappa shape index (κ2) is 6.33. The van der Waals surface area contributed by atoms with Crippen molar-refractivity contribution in [2.75, 3.05) is 13.1 Å². The Hall–Kier alpha value is -2.85. The van der Waals surface area contributed by atoms with E-state index in [1.165, 1.54) is 51.9 Å². The first-order chi connectivity index (χ1) is 14.2. The van der Waals surface area contributed by atoms with E-state index in [1.807, 2.05) is 30.5 Å². The number of aromatic nitrogens is 2. The molecule has 0 saturated carbocycles. The lowest BCUT2D eigenvalue weighted by atomic mass is 9.89. The number of rotatable bonds is 3. The van der Waals surface area contributed by atoms with Crippen molar-refractivity contribution in [1.29, 1.82) is 0 Å². The van der Waals surface area contributed by atoms with E-state index >= 15 is 0 Å². The van der Waals surface area contributed by atoms with Crippen molar-refractivity contribution >= 4 is 27.6 Å². The molecule has 2 atom stereocenters. The molecule has 4 heteroatoms. The Balaban J connectivity index is 1.37. The molecule has 0 saturated heterocycles. The van der Waals surface area contributed by atoms with Crippen LogP contribution in [0.1, 0.15) is 46.1 Å². The van der Waals surface area contributed by atoms with Gasteiger partial charge in [0.2, 0.25) is 5.78 Å². The third kappa shape index (κ3) is 2.52. The Bertz CT molecular complexity index is 1260. The third-order valence-electron chi connectivity index (χ3n) is 7.04. The minimum Gasteiger partial charge on any atom is -0.360 e. The van der Waals surface area contributed by atoms with Gasteiger partial charge in [-0.1, -0.05) is 29.8 Å². The van der Waals surface area contributed by atoms with Gasteiger partial charge >= 0.3 is 0 Å². The first-order valence-electron chi connectivity index (χ1n) is 10.8. The van der Waals surface area contributed by atoms with Crippen LogP contribution in [0.4, 0.5) is 0 Å². The largest absolute Gasteiger partial charge is 0.360 e. The number of carbonyl (C=O) groups is 1. The summed E-state index contributed by atoms with van der Waals surface area (Å²) in [6.07, 6.45) is 5.46. The zero-order valence-corrected chi connectivity index (χ0v) is 16.8. The minimum atomic E-state index is 0.255. The molecule has 0 fully saturated rings. The van der Waals surface area contributed by atoms with Crippen LogP contribution in [0.5, 0.6) is 0 Å². The zero-order valence-electron chi connectivity index (χ0n) is 16.8. The number of aryl methyl sites for hydroxylation is 2. The number of carbonyl (C=O) groups excluding carboxylic acids is 1. The highest BCUT2D eigenvalue weighted by molar-refractivity contribution is 6.08. The Morgan fingerprint density at radius 2 is 2.10 bits per heavy atom. The third-order valence-corrected chi connectivity index (χ3v) is 7.04. The van der Waals surface area contributed by atoms with Gasteiger partial charge in [0.1, 0.15) is 12.6 Å². The molecular weight excluding hydrogens is 358 g/mol. The van der Waals surface area contributed by atoms with Crippen LogP contribution in [-0.2, 0) is 13.0 Å². The molecule has 4 nitrogen and oxygen atoms in total. The van der Waals surface area contributed by atoms with Crippen molar-refractivity contribution in [1.82, 2.24) is 9.55 Å². The van der Waals surface area contributed by atoms with Crippen LogP contribution in [0, 0.1) is 6.92 Å². The van der Waals surface area contributed by atoms with Gasteiger partial charge in [0.15, 0.2) is 0 Å². The van der Waals surface area contributed by atoms with E-state index in [4.69, 9.17) is 0 Å². The van der Waals surface area contributed by atoms with Crippen molar-refractivity contribution in [2.24, 2.45) is 0 Å². The molecule has 2 N–H and O–H groups in total. The van der Waals surface area contributed by atoms with E-state index in [0.29, 0.717) is 12.6 Å². The number of fused-ring (bicyclic) bond motifs is 4. The lowest BCUT2D eigenvalue weighted by Crippen LogP contribution is -3.14. The molecule has 29 heavy (non-hydrogen) atoms. The lowest BCUT2D eigenvalue weighted by molar-refractivity contribution is -0.928. The highest BCUT2D eigenvalue weighted by Gasteiger charge is 2.38. The first-order valence-corrected chi connectivity index (χ1v) is 10.8. The summed E-state index contributed by atoms with van der Waals surface area (Å²) >= 11 is 0. The fourth-order valence-corrected chi connectivity index (χ4v) is 5.72. The number of quaternary nitrogens is 1. The molecule has 6 rings (SSSR count). The number of hydrogen-bond acceptors (Lipinski definition) is 1. The molecule has 0 radical (unpaired) electrons. The predicted octanol–water partition coefficient (Wildman–Crippen LogP) is 3.59. The molecule has 3 heterocycles. The average Bonchev–Trinajstić information content (AvgIpc) is 3.31. The van der Waals surface area contributed by atoms with E-state index in [9.17, 15) is 4.79 Å². The van der Waals surface area contributed by atoms with Gasteiger partial charge in [-0.25, -0.2) is 0 Å². The van der Waals surface area contributed by atoms with Gasteiger partial charge in [0, 0.05) is 40.0 Å². The summed E-state index contributed by atoms with van der Waals surface area (Å²) in [6.45, 7) is 4.78. The minimum absolute atomic E-state index is 0.255. The van der Waals surface area contributed by atoms with Crippen LogP contribution < -0.4 is 4.90 Å². The maximum Gasteiger partial charge on any atom is 0.219 e. The Labute approximate surface area is 170 Å². The number of hydrogen-bond donors (Lipinski definition) is 2. The standard InChI is InChI=1S/C25H25N3O/c1-16-9-10-22-19(13-16)18-6-4-8-23-25(18)28(22)12-11-27(23)15-24(29)20-14-26-21-7-3-2-5-17(20)21/h2-3,5,7,9-10,13-14,23,26H,4,6,8,11-12,15H2,1H3/p+1/t23-/m0/s1. The van der Waals surface area contributed by atoms with Crippen LogP contribution in [0.25, 0.3) is 21.8 Å². The smallest absolute Gasteiger partial charge is 0.219 e. The van der Waals surface area contributed by atoms with Crippen LogP contribution in [-0.4, -0.2) is 28.4 Å². The summed E-state index contributed by atoms with van der Waals surface area (Å²) in [7, 11) is 0. The molecule has 0 amide bonds. The van der Waals surface area contributed by atoms with Crippen molar-refractivity contribution in [3.8, 4) is 0 Å². The van der Waals surface area contributed by atoms with Gasteiger partial charge < -0.3 is 14.5 Å². The Morgan fingerprint density at radius 3 is 3.03 bits per heavy atom. The lowest BCUT2D eigenvalue weighted by Gasteiger charge is -2.36. The first kappa shape index (κ1) is 17.0. The van der Waals surface area contributed by atoms with Crippen molar-refractivity contribution in [3.63, 3.8) is 0 Å². The number of benzene rings is 2. The average molecular weight is 385 g/mol. The number of para-hydroxylation sites is 1. The van der Waals surface area contributed by atoms with Gasteiger partial charge in [-0.15, -0.1) is 0 Å². The maximum absolute atomic E-state index is 13.2. The van der Waals surface area contributed by atoms with Gasteiger partial charge in [-0.2, -0.15) is 0 Å². The summed E-state index contributed by atoms with van der Waals surface area (Å²) in [5, 5.41) is 2.48. The SMILES string of the molecule is Cc1ccc2c(c1)c1c3n2CC[NH+](CC(=O)c2c[nH]c4ccccc24)[C@H]3CCC1. The monoisotopic (exact) mass is 384 g/mol. The van der Waals surface area contributed by atoms with Crippen molar-refractivity contribution in [2.45, 2.75) is 38.8 Å². The van der Waals surface area contributed by atoms with Crippen molar-refractivity contribution in [3.05, 3.63) is 71.0 Å². The van der Waals surface area contributed by atoms with Gasteiger partial charge in [0.05, 0.1) is 18.8 Å². The highest BCUT2D eigenvalue weighted by atomic mass is 16.1. The van der Waals surface area contributed by atoms with E-state index in [-0.39, 0.29) is 5.78 Å². The molecule has 146 valence electrons. The Kier molecular flexibility index (Phi) is 3.72. The van der Waals surface area contributed by atoms with E-state index < -0.39 is 0 Å². The summed E-state index contributed by atoms with van der Waals surface area (Å²) in [6, 6.07) is 15.4. The predicted molar refractivity (Wildman–Crippen MR) is 116 cm³/mol. The zero-order chi connectivity index (χ0) is 19.5. The van der Waals surface area contributed by atoms with Crippen LogP contribution in [0.3, 0.4) is 0 Å². The molecular formula is C25H26N3O+. The second-order valence-corrected chi connectivity index (χ2v) is 8.74. The number of ketones is 1. The highest BCUT2D eigenvalue weighted by Crippen LogP contribution is 2.37. The van der Waals surface area contributed by atoms with Crippen LogP contribution in [0.15, 0.2) is 48.7 Å². The quantitative estimate of drug-likeness (QED) is 0.521. The summed E-state index contributed by atoms with van der Waals surface area (Å²) in [5.41, 5.74) is 7.64. The summed E-state index contributed by atoms with van der Waals surface area (Å²) in [5.74, 6) is 0.255. The summed E-state index contributed by atoms with van der Waals surface area (Å²) in [4.78, 5) is 17.9. The van der Waals surface area contributed by atoms with Crippen molar-refractivity contribution < 1.29 is 9.69 Å². The number of Topliss-reactive ketones (excluding diaryl/α,β-unsaturated/α-hetero) is 1. The fraction of sp³-hybridized carbons (Fsp3) is 0.320. The van der Waals surface area contributed by atoms with E-state index in [2.05, 4.69) is 34.7 Å². The van der Waals surface area contributed by atoms with Gasteiger partial charge in [-0.05, 0) is 43.5 Å². The molecule has 2 aromatic heterocycles. The van der Waals surface area contributed by atoms with Crippen LogP contribution >= 0.6 is 0 Å². The van der Waals surface area contributed by atoms with Gasteiger partial charge in [0.25, 0.3) is 0 Å². The molecule has 0 spiro atoms. The number of aromatic amines is 1. The van der Waals surface area contributed by atoms with Crippen LogP contribution in [0.2, 0.25) is 0 Å². The molecule has 1 aliphatic carbocycles. The molecule has 0 bridgehead atoms. The topological polar surface area (TPSA) is 42.2 Å². The normalized spacial score (nSPS) is 20.9. The molecule has 2 aliphatic rings. The maximum atomic E-state index is 13.2. The Morgan fingerprint density at radius 1 is 1.21 bits per heavy atom. The number of nitrogens with zero attached hydrogens (tertiary/aromatic N) is 1. The fourth-order valence-electron chi connectivity index (χ4n) is 5.72. The van der Waals surface area contributed by atoms with E-state index in [0.717, 1.165) is 29.6 Å². The second-order valence-electron chi connectivity index (χ2n) is 8.74. The molecule has 4 aromatic rings. The van der Waals surface area contributed by atoms with E-state index in [1.54, 1.807) is 0 Å². The number of nitrogens with one attached hydrogen (secondary N) is 2. The summed E-state index contributed by atoms with van der Waals surface area (Å²) < 4.78 is 2.55.